The van der Waals surface area contributed by atoms with Crippen LogP contribution in [0.25, 0.3) is 10.9 Å². The first-order valence-electron chi connectivity index (χ1n) is 8.74. The van der Waals surface area contributed by atoms with Gasteiger partial charge in [-0.05, 0) is 38.0 Å². The number of hydrogen-bond acceptors (Lipinski definition) is 5. The van der Waals surface area contributed by atoms with Gasteiger partial charge in [0, 0.05) is 11.1 Å². The molecule has 6 nitrogen and oxygen atoms in total. The molecule has 1 saturated carbocycles. The third-order valence-electron chi connectivity index (χ3n) is 4.38. The second-order valence-corrected chi connectivity index (χ2v) is 8.04. The van der Waals surface area contributed by atoms with Crippen molar-refractivity contribution in [2.24, 2.45) is 0 Å². The minimum absolute atomic E-state index is 0.0639. The van der Waals surface area contributed by atoms with E-state index in [1.54, 1.807) is 25.1 Å². The molecule has 2 aromatic rings. The fourth-order valence-electron chi connectivity index (χ4n) is 3.18. The highest BCUT2D eigenvalue weighted by Crippen LogP contribution is 2.22. The number of rotatable bonds is 6. The molecule has 1 heterocycles. The van der Waals surface area contributed by atoms with E-state index in [1.807, 2.05) is 0 Å². The number of aromatic nitrogens is 2. The van der Waals surface area contributed by atoms with E-state index >= 15 is 0 Å². The monoisotopic (exact) mass is 395 g/mol. The number of aliphatic hydroxyl groups excluding tert-OH is 1. The van der Waals surface area contributed by atoms with Gasteiger partial charge in [-0.2, -0.15) is 0 Å². The van der Waals surface area contributed by atoms with E-state index in [0.717, 1.165) is 25.7 Å². The van der Waals surface area contributed by atoms with Gasteiger partial charge in [-0.3, -0.25) is 14.2 Å². The summed E-state index contributed by atoms with van der Waals surface area (Å²) in [5.74, 6) is 0.111. The van der Waals surface area contributed by atoms with Crippen LogP contribution in [-0.4, -0.2) is 38.5 Å². The Kier molecular flexibility index (Phi) is 6.21. The van der Waals surface area contributed by atoms with Gasteiger partial charge in [-0.25, -0.2) is 4.98 Å². The van der Waals surface area contributed by atoms with Crippen molar-refractivity contribution in [2.75, 3.05) is 5.75 Å². The quantitative estimate of drug-likeness (QED) is 0.580. The lowest BCUT2D eigenvalue weighted by Crippen LogP contribution is -2.34. The van der Waals surface area contributed by atoms with E-state index in [2.05, 4.69) is 10.3 Å². The lowest BCUT2D eigenvalue weighted by atomic mass is 10.2. The van der Waals surface area contributed by atoms with E-state index in [1.165, 1.54) is 16.3 Å². The summed E-state index contributed by atoms with van der Waals surface area (Å²) in [4.78, 5) is 29.5. The van der Waals surface area contributed by atoms with Crippen molar-refractivity contribution in [2.45, 2.75) is 56.5 Å². The molecule has 1 aliphatic rings. The lowest BCUT2D eigenvalue weighted by molar-refractivity contribution is -0.119. The number of amides is 1. The number of benzene rings is 1. The highest BCUT2D eigenvalue weighted by atomic mass is 35.5. The molecular formula is C18H22ClN3O3S. The van der Waals surface area contributed by atoms with Crippen molar-refractivity contribution in [3.05, 3.63) is 33.6 Å². The van der Waals surface area contributed by atoms with Crippen molar-refractivity contribution >= 4 is 40.2 Å². The normalized spacial score (nSPS) is 16.1. The molecule has 0 aliphatic heterocycles. The van der Waals surface area contributed by atoms with Crippen LogP contribution in [-0.2, 0) is 11.3 Å². The van der Waals surface area contributed by atoms with Gasteiger partial charge in [0.25, 0.3) is 5.56 Å². The number of halogens is 1. The molecule has 8 heteroatoms. The van der Waals surface area contributed by atoms with Gasteiger partial charge in [0.15, 0.2) is 5.16 Å². The predicted molar refractivity (Wildman–Crippen MR) is 104 cm³/mol. The highest BCUT2D eigenvalue weighted by molar-refractivity contribution is 7.99. The van der Waals surface area contributed by atoms with E-state index in [0.29, 0.717) is 21.1 Å². The van der Waals surface area contributed by atoms with Gasteiger partial charge in [0.05, 0.1) is 29.3 Å². The zero-order valence-electron chi connectivity index (χ0n) is 14.6. The Balaban J connectivity index is 1.84. The van der Waals surface area contributed by atoms with Crippen LogP contribution in [0.2, 0.25) is 5.02 Å². The molecule has 1 aliphatic carbocycles. The number of hydrogen-bond donors (Lipinski definition) is 2. The zero-order chi connectivity index (χ0) is 18.7. The topological polar surface area (TPSA) is 84.2 Å². The van der Waals surface area contributed by atoms with E-state index in [4.69, 9.17) is 11.6 Å². The Bertz CT molecular complexity index is 863. The number of fused-ring (bicyclic) bond motifs is 1. The van der Waals surface area contributed by atoms with Gasteiger partial charge in [0.2, 0.25) is 5.91 Å². The van der Waals surface area contributed by atoms with Crippen LogP contribution >= 0.6 is 23.4 Å². The van der Waals surface area contributed by atoms with Crippen LogP contribution in [0.1, 0.15) is 32.6 Å². The van der Waals surface area contributed by atoms with Crippen LogP contribution in [0.15, 0.2) is 28.2 Å². The molecule has 3 rings (SSSR count). The van der Waals surface area contributed by atoms with Gasteiger partial charge in [0.1, 0.15) is 0 Å². The molecule has 0 saturated heterocycles. The average molecular weight is 396 g/mol. The third kappa shape index (κ3) is 4.58. The molecule has 26 heavy (non-hydrogen) atoms. The van der Waals surface area contributed by atoms with Crippen LogP contribution in [0.3, 0.4) is 0 Å². The third-order valence-corrected chi connectivity index (χ3v) is 5.59. The van der Waals surface area contributed by atoms with Crippen molar-refractivity contribution in [1.82, 2.24) is 14.9 Å². The predicted octanol–water partition coefficient (Wildman–Crippen LogP) is 2.58. The van der Waals surface area contributed by atoms with E-state index in [9.17, 15) is 14.7 Å². The van der Waals surface area contributed by atoms with Crippen LogP contribution in [0.4, 0.5) is 0 Å². The van der Waals surface area contributed by atoms with Crippen molar-refractivity contribution in [3.63, 3.8) is 0 Å². The Labute approximate surface area is 160 Å². The van der Waals surface area contributed by atoms with Crippen molar-refractivity contribution in [3.8, 4) is 0 Å². The first kappa shape index (κ1) is 19.2. The van der Waals surface area contributed by atoms with Crippen LogP contribution < -0.4 is 10.9 Å². The molecule has 1 atom stereocenters. The molecule has 0 spiro atoms. The zero-order valence-corrected chi connectivity index (χ0v) is 16.1. The molecular weight excluding hydrogens is 374 g/mol. The molecule has 1 aromatic carbocycles. The Morgan fingerprint density at radius 1 is 1.46 bits per heavy atom. The molecule has 140 valence electrons. The van der Waals surface area contributed by atoms with E-state index < -0.39 is 6.10 Å². The Morgan fingerprint density at radius 2 is 2.19 bits per heavy atom. The number of carbonyl (C=O) groups excluding carboxylic acids is 1. The molecule has 1 amide bonds. The first-order chi connectivity index (χ1) is 12.4. The van der Waals surface area contributed by atoms with Crippen LogP contribution in [0, 0.1) is 0 Å². The number of aliphatic hydroxyl groups is 1. The molecule has 2 N–H and O–H groups in total. The molecule has 0 radical (unpaired) electrons. The van der Waals surface area contributed by atoms with Crippen molar-refractivity contribution < 1.29 is 9.90 Å². The maximum absolute atomic E-state index is 12.8. The maximum atomic E-state index is 12.8. The van der Waals surface area contributed by atoms with Gasteiger partial charge in [-0.15, -0.1) is 0 Å². The Hall–Kier alpha value is -1.57. The fraction of sp³-hybridized carbons (Fsp3) is 0.500. The van der Waals surface area contributed by atoms with Gasteiger partial charge >= 0.3 is 0 Å². The average Bonchev–Trinajstić information content (AvgIpc) is 3.08. The highest BCUT2D eigenvalue weighted by Gasteiger charge is 2.19. The largest absolute Gasteiger partial charge is 0.392 e. The Morgan fingerprint density at radius 3 is 2.88 bits per heavy atom. The molecule has 1 fully saturated rings. The summed E-state index contributed by atoms with van der Waals surface area (Å²) in [7, 11) is 0. The molecule has 0 unspecified atom stereocenters. The number of carbonyl (C=O) groups is 1. The van der Waals surface area contributed by atoms with Crippen LogP contribution in [0.5, 0.6) is 0 Å². The van der Waals surface area contributed by atoms with E-state index in [-0.39, 0.29) is 29.8 Å². The maximum Gasteiger partial charge on any atom is 0.262 e. The summed E-state index contributed by atoms with van der Waals surface area (Å²) in [6, 6.07) is 5.16. The minimum Gasteiger partial charge on any atom is -0.392 e. The summed E-state index contributed by atoms with van der Waals surface area (Å²) in [6.07, 6.45) is 3.65. The second kappa shape index (κ2) is 8.41. The summed E-state index contributed by atoms with van der Waals surface area (Å²) in [6.45, 7) is 1.73. The van der Waals surface area contributed by atoms with Crippen molar-refractivity contribution in [1.29, 1.82) is 0 Å². The van der Waals surface area contributed by atoms with Gasteiger partial charge < -0.3 is 10.4 Å². The first-order valence-corrected chi connectivity index (χ1v) is 10.1. The summed E-state index contributed by atoms with van der Waals surface area (Å²) in [5.41, 5.74) is 0.245. The number of nitrogens with zero attached hydrogens (tertiary/aromatic N) is 2. The summed E-state index contributed by atoms with van der Waals surface area (Å²) in [5, 5.41) is 14.1. The molecule has 1 aromatic heterocycles. The number of nitrogens with one attached hydrogen (secondary N) is 1. The summed E-state index contributed by atoms with van der Waals surface area (Å²) < 4.78 is 1.43. The SMILES string of the molecule is C[C@@H](O)Cn1c(SCC(=O)NC2CCCC2)nc2cc(Cl)ccc2c1=O. The minimum atomic E-state index is -0.703. The van der Waals surface area contributed by atoms with Gasteiger partial charge in [-0.1, -0.05) is 36.2 Å². The summed E-state index contributed by atoms with van der Waals surface area (Å²) >= 11 is 7.21. The lowest BCUT2D eigenvalue weighted by Gasteiger charge is -2.15. The number of thioether (sulfide) groups is 1. The smallest absolute Gasteiger partial charge is 0.262 e. The molecule has 0 bridgehead atoms. The second-order valence-electron chi connectivity index (χ2n) is 6.66. The fourth-order valence-corrected chi connectivity index (χ4v) is 4.16. The standard InChI is InChI=1S/C18H22ClN3O3S/c1-11(23)9-22-17(25)14-7-6-12(19)8-15(14)21-18(22)26-10-16(24)20-13-4-2-3-5-13/h6-8,11,13,23H,2-5,9-10H2,1H3,(H,20,24)/t11-/m1/s1.